The lowest BCUT2D eigenvalue weighted by Crippen LogP contribution is -2.46. The van der Waals surface area contributed by atoms with Crippen molar-refractivity contribution in [3.05, 3.63) is 18.2 Å². The van der Waals surface area contributed by atoms with Gasteiger partial charge in [-0.05, 0) is 33.1 Å². The first kappa shape index (κ1) is 13.6. The minimum absolute atomic E-state index is 0.560. The molecule has 0 atom stereocenters. The Labute approximate surface area is 110 Å². The predicted octanol–water partition coefficient (Wildman–Crippen LogP) is 1.98. The van der Waals surface area contributed by atoms with Crippen LogP contribution in [0, 0.1) is 0 Å². The molecule has 1 N–H and O–H groups in total. The third-order valence-corrected chi connectivity index (χ3v) is 3.95. The number of nitrogens with zero attached hydrogens (tertiary/aromatic N) is 3. The van der Waals surface area contributed by atoms with Crippen LogP contribution in [-0.4, -0.2) is 38.7 Å². The molecule has 4 heteroatoms. The maximum atomic E-state index is 10.8. The molecular weight excluding hydrogens is 226 g/mol. The van der Waals surface area contributed by atoms with E-state index in [0.717, 1.165) is 44.7 Å². The van der Waals surface area contributed by atoms with Crippen LogP contribution in [0.1, 0.15) is 45.9 Å². The highest BCUT2D eigenvalue weighted by Crippen LogP contribution is 2.32. The van der Waals surface area contributed by atoms with Crippen molar-refractivity contribution in [3.8, 4) is 0 Å². The molecule has 0 radical (unpaired) electrons. The summed E-state index contributed by atoms with van der Waals surface area (Å²) in [5.74, 6) is 0.854. The van der Waals surface area contributed by atoms with E-state index in [-0.39, 0.29) is 0 Å². The quantitative estimate of drug-likeness (QED) is 0.889. The average molecular weight is 251 g/mol. The van der Waals surface area contributed by atoms with Gasteiger partial charge in [0.1, 0.15) is 11.4 Å². The first-order chi connectivity index (χ1) is 8.57. The van der Waals surface area contributed by atoms with Crippen molar-refractivity contribution >= 4 is 0 Å². The number of aromatic nitrogens is 2. The summed E-state index contributed by atoms with van der Waals surface area (Å²) in [6.45, 7) is 9.41. The lowest BCUT2D eigenvalue weighted by atomic mass is 9.90. The maximum Gasteiger partial charge on any atom is 0.140 e. The zero-order chi connectivity index (χ0) is 13.2. The van der Waals surface area contributed by atoms with E-state index in [1.165, 1.54) is 0 Å². The first-order valence-corrected chi connectivity index (χ1v) is 7.05. The summed E-state index contributed by atoms with van der Waals surface area (Å²) in [5, 5.41) is 10.8. The average Bonchev–Trinajstić information content (AvgIpc) is 2.79. The number of likely N-dealkylation sites (tertiary alicyclic amines) is 1. The molecular formula is C14H25N3O. The Hall–Kier alpha value is -0.870. The lowest BCUT2D eigenvalue weighted by molar-refractivity contribution is -0.0414. The molecule has 18 heavy (non-hydrogen) atoms. The van der Waals surface area contributed by atoms with Crippen molar-refractivity contribution < 1.29 is 5.11 Å². The van der Waals surface area contributed by atoms with Crippen LogP contribution in [0.15, 0.2) is 12.4 Å². The second-order valence-electron chi connectivity index (χ2n) is 5.61. The van der Waals surface area contributed by atoms with Gasteiger partial charge >= 0.3 is 0 Å². The van der Waals surface area contributed by atoms with E-state index in [9.17, 15) is 5.11 Å². The molecule has 0 spiro atoms. The van der Waals surface area contributed by atoms with Crippen molar-refractivity contribution in [2.24, 2.45) is 0 Å². The van der Waals surface area contributed by atoms with Gasteiger partial charge < -0.3 is 14.6 Å². The van der Waals surface area contributed by atoms with Crippen molar-refractivity contribution in [3.63, 3.8) is 0 Å². The Morgan fingerprint density at radius 3 is 2.61 bits per heavy atom. The fourth-order valence-electron chi connectivity index (χ4n) is 2.77. The SMILES string of the molecule is CCCn1ccnc1C1(O)CCN(C(C)C)CC1. The molecule has 0 aliphatic carbocycles. The van der Waals surface area contributed by atoms with Gasteiger partial charge in [-0.25, -0.2) is 4.98 Å². The largest absolute Gasteiger partial charge is 0.382 e. The van der Waals surface area contributed by atoms with E-state index in [1.54, 1.807) is 6.20 Å². The Kier molecular flexibility index (Phi) is 4.07. The molecule has 4 nitrogen and oxygen atoms in total. The molecule has 2 rings (SSSR count). The number of hydrogen-bond donors (Lipinski definition) is 1. The molecule has 1 aromatic rings. The maximum absolute atomic E-state index is 10.8. The van der Waals surface area contributed by atoms with Crippen LogP contribution in [0.5, 0.6) is 0 Å². The molecule has 1 aromatic heterocycles. The van der Waals surface area contributed by atoms with Crippen LogP contribution in [0.3, 0.4) is 0 Å². The van der Waals surface area contributed by atoms with Gasteiger partial charge in [0.15, 0.2) is 0 Å². The highest BCUT2D eigenvalue weighted by molar-refractivity contribution is 5.07. The van der Waals surface area contributed by atoms with E-state index in [0.29, 0.717) is 6.04 Å². The summed E-state index contributed by atoms with van der Waals surface area (Å²) in [6.07, 6.45) is 6.42. The number of aryl methyl sites for hydroxylation is 1. The van der Waals surface area contributed by atoms with Gasteiger partial charge in [0, 0.05) is 38.1 Å². The summed E-state index contributed by atoms with van der Waals surface area (Å²) >= 11 is 0. The Morgan fingerprint density at radius 2 is 2.06 bits per heavy atom. The van der Waals surface area contributed by atoms with E-state index in [1.807, 2.05) is 6.20 Å². The summed E-state index contributed by atoms with van der Waals surface area (Å²) in [6, 6.07) is 0.560. The zero-order valence-electron chi connectivity index (χ0n) is 11.8. The van der Waals surface area contributed by atoms with E-state index >= 15 is 0 Å². The molecule has 0 aromatic carbocycles. The van der Waals surface area contributed by atoms with Gasteiger partial charge in [0.25, 0.3) is 0 Å². The highest BCUT2D eigenvalue weighted by atomic mass is 16.3. The molecule has 0 saturated carbocycles. The van der Waals surface area contributed by atoms with Crippen LogP contribution >= 0.6 is 0 Å². The van der Waals surface area contributed by atoms with Gasteiger partial charge in [0.2, 0.25) is 0 Å². The topological polar surface area (TPSA) is 41.3 Å². The fraction of sp³-hybridized carbons (Fsp3) is 0.786. The second kappa shape index (κ2) is 5.41. The number of imidazole rings is 1. The smallest absolute Gasteiger partial charge is 0.140 e. The number of hydrogen-bond acceptors (Lipinski definition) is 3. The molecule has 1 fully saturated rings. The van der Waals surface area contributed by atoms with Crippen LogP contribution in [0.25, 0.3) is 0 Å². The van der Waals surface area contributed by atoms with Gasteiger partial charge in [-0.15, -0.1) is 0 Å². The molecule has 102 valence electrons. The minimum atomic E-state index is -0.732. The van der Waals surface area contributed by atoms with Gasteiger partial charge in [0.05, 0.1) is 0 Å². The summed E-state index contributed by atoms with van der Waals surface area (Å²) in [7, 11) is 0. The molecule has 0 amide bonds. The van der Waals surface area contributed by atoms with Gasteiger partial charge in [-0.2, -0.15) is 0 Å². The normalized spacial score (nSPS) is 20.5. The van der Waals surface area contributed by atoms with Gasteiger partial charge in [-0.3, -0.25) is 0 Å². The highest BCUT2D eigenvalue weighted by Gasteiger charge is 2.37. The monoisotopic (exact) mass is 251 g/mol. The summed E-state index contributed by atoms with van der Waals surface area (Å²) < 4.78 is 2.10. The summed E-state index contributed by atoms with van der Waals surface area (Å²) in [4.78, 5) is 6.81. The standard InChI is InChI=1S/C14H25N3O/c1-4-8-17-11-7-15-13(17)14(18)5-9-16(10-6-14)12(2)3/h7,11-12,18H,4-6,8-10H2,1-3H3. The number of piperidine rings is 1. The molecule has 1 saturated heterocycles. The fourth-order valence-corrected chi connectivity index (χ4v) is 2.77. The van der Waals surface area contributed by atoms with Crippen LogP contribution in [0.2, 0.25) is 0 Å². The van der Waals surface area contributed by atoms with Crippen molar-refractivity contribution in [2.75, 3.05) is 13.1 Å². The molecule has 0 unspecified atom stereocenters. The van der Waals surface area contributed by atoms with Crippen molar-refractivity contribution in [1.29, 1.82) is 0 Å². The second-order valence-corrected chi connectivity index (χ2v) is 5.61. The number of aliphatic hydroxyl groups is 1. The number of rotatable bonds is 4. The first-order valence-electron chi connectivity index (χ1n) is 7.05. The Balaban J connectivity index is 2.10. The van der Waals surface area contributed by atoms with E-state index in [2.05, 4.69) is 35.2 Å². The zero-order valence-corrected chi connectivity index (χ0v) is 11.8. The third-order valence-electron chi connectivity index (χ3n) is 3.95. The van der Waals surface area contributed by atoms with E-state index < -0.39 is 5.60 Å². The molecule has 0 bridgehead atoms. The van der Waals surface area contributed by atoms with Crippen LogP contribution in [-0.2, 0) is 12.1 Å². The van der Waals surface area contributed by atoms with Crippen LogP contribution in [0.4, 0.5) is 0 Å². The van der Waals surface area contributed by atoms with Crippen molar-refractivity contribution in [2.45, 2.75) is 58.2 Å². The minimum Gasteiger partial charge on any atom is -0.382 e. The molecule has 1 aliphatic rings. The molecule has 2 heterocycles. The Bertz CT molecular complexity index is 378. The van der Waals surface area contributed by atoms with E-state index in [4.69, 9.17) is 0 Å². The lowest BCUT2D eigenvalue weighted by Gasteiger charge is -2.39. The van der Waals surface area contributed by atoms with Crippen molar-refractivity contribution in [1.82, 2.24) is 14.5 Å². The third kappa shape index (κ3) is 2.59. The molecule has 1 aliphatic heterocycles. The Morgan fingerprint density at radius 1 is 1.39 bits per heavy atom. The summed E-state index contributed by atoms with van der Waals surface area (Å²) in [5.41, 5.74) is -0.732. The predicted molar refractivity (Wildman–Crippen MR) is 72.4 cm³/mol. The van der Waals surface area contributed by atoms with Gasteiger partial charge in [-0.1, -0.05) is 6.92 Å². The van der Waals surface area contributed by atoms with Crippen LogP contribution < -0.4 is 0 Å².